The minimum absolute atomic E-state index is 0.748. The number of anilines is 1. The van der Waals surface area contributed by atoms with Crippen molar-refractivity contribution in [3.05, 3.63) is 64.4 Å². The minimum atomic E-state index is 0.748. The zero-order valence-corrected chi connectivity index (χ0v) is 15.3. The Balaban J connectivity index is 1.63. The summed E-state index contributed by atoms with van der Waals surface area (Å²) in [6.07, 6.45) is 0.975. The number of rotatable bonds is 3. The van der Waals surface area contributed by atoms with E-state index in [-0.39, 0.29) is 0 Å². The Hall–Kier alpha value is -2.17. The number of halogens is 1. The fourth-order valence-electron chi connectivity index (χ4n) is 3.47. The van der Waals surface area contributed by atoms with Crippen LogP contribution in [0.15, 0.2) is 42.5 Å². The van der Waals surface area contributed by atoms with E-state index in [9.17, 15) is 0 Å². The summed E-state index contributed by atoms with van der Waals surface area (Å²) < 4.78 is 0. The van der Waals surface area contributed by atoms with Crippen LogP contribution in [0.4, 0.5) is 5.82 Å². The molecule has 0 radical (unpaired) electrons. The van der Waals surface area contributed by atoms with Crippen molar-refractivity contribution in [2.75, 3.05) is 25.5 Å². The predicted molar refractivity (Wildman–Crippen MR) is 103 cm³/mol. The second-order valence-electron chi connectivity index (χ2n) is 6.71. The van der Waals surface area contributed by atoms with Gasteiger partial charge in [-0.05, 0) is 35.7 Å². The van der Waals surface area contributed by atoms with Crippen molar-refractivity contribution >= 4 is 28.3 Å². The van der Waals surface area contributed by atoms with E-state index in [2.05, 4.69) is 28.0 Å². The molecule has 1 aromatic heterocycles. The molecule has 0 fully saturated rings. The van der Waals surface area contributed by atoms with Crippen molar-refractivity contribution in [1.82, 2.24) is 14.9 Å². The second-order valence-corrected chi connectivity index (χ2v) is 7.12. The number of hydrogen-bond donors (Lipinski definition) is 0. The average molecular weight is 353 g/mol. The molecule has 0 saturated heterocycles. The molecule has 2 heterocycles. The quantitative estimate of drug-likeness (QED) is 0.715. The Bertz CT molecular complexity index is 923. The Morgan fingerprint density at radius 3 is 2.76 bits per heavy atom. The van der Waals surface area contributed by atoms with E-state index < -0.39 is 0 Å². The third-order valence-corrected chi connectivity index (χ3v) is 5.06. The van der Waals surface area contributed by atoms with E-state index >= 15 is 0 Å². The first-order chi connectivity index (χ1) is 12.1. The van der Waals surface area contributed by atoms with Crippen LogP contribution in [0.1, 0.15) is 17.0 Å². The first kappa shape index (κ1) is 16.3. The van der Waals surface area contributed by atoms with Crippen LogP contribution < -0.4 is 4.90 Å². The Morgan fingerprint density at radius 1 is 1.08 bits per heavy atom. The molecular weight excluding hydrogens is 332 g/mol. The number of para-hydroxylation sites is 1. The van der Waals surface area contributed by atoms with E-state index in [0.717, 1.165) is 53.6 Å². The highest BCUT2D eigenvalue weighted by atomic mass is 35.5. The predicted octanol–water partition coefficient (Wildman–Crippen LogP) is 3.91. The van der Waals surface area contributed by atoms with Crippen LogP contribution in [0.2, 0.25) is 5.02 Å². The van der Waals surface area contributed by atoms with Gasteiger partial charge in [-0.3, -0.25) is 4.90 Å². The average Bonchev–Trinajstić information content (AvgIpc) is 2.61. The molecule has 0 aliphatic carbocycles. The van der Waals surface area contributed by atoms with Gasteiger partial charge in [-0.15, -0.1) is 0 Å². The summed E-state index contributed by atoms with van der Waals surface area (Å²) in [6, 6.07) is 14.4. The van der Waals surface area contributed by atoms with Crippen LogP contribution in [-0.4, -0.2) is 35.5 Å². The van der Waals surface area contributed by atoms with Crippen molar-refractivity contribution in [2.45, 2.75) is 19.5 Å². The van der Waals surface area contributed by atoms with Crippen molar-refractivity contribution in [1.29, 1.82) is 0 Å². The summed E-state index contributed by atoms with van der Waals surface area (Å²) in [5, 5.41) is 1.97. The normalized spacial score (nSPS) is 14.5. The van der Waals surface area contributed by atoms with Crippen LogP contribution >= 0.6 is 11.6 Å². The van der Waals surface area contributed by atoms with E-state index in [1.54, 1.807) is 0 Å². The lowest BCUT2D eigenvalue weighted by molar-refractivity contribution is 0.240. The van der Waals surface area contributed by atoms with Crippen molar-refractivity contribution in [3.63, 3.8) is 0 Å². The van der Waals surface area contributed by atoms with E-state index in [1.165, 1.54) is 11.1 Å². The second kappa shape index (κ2) is 6.62. The standard InChI is InChI=1S/C20H21ClN4/c1-24(2)20-16-7-3-4-9-18(16)22-19(23-20)13-25-11-10-15-14(12-25)6-5-8-17(15)21/h3-9H,10-13H2,1-2H3. The summed E-state index contributed by atoms with van der Waals surface area (Å²) in [5.41, 5.74) is 3.60. The van der Waals surface area contributed by atoms with Gasteiger partial charge in [0.2, 0.25) is 0 Å². The zero-order valence-electron chi connectivity index (χ0n) is 14.5. The molecule has 3 aromatic rings. The van der Waals surface area contributed by atoms with Gasteiger partial charge in [0.15, 0.2) is 0 Å². The monoisotopic (exact) mass is 352 g/mol. The molecule has 4 rings (SSSR count). The van der Waals surface area contributed by atoms with Gasteiger partial charge in [-0.25, -0.2) is 9.97 Å². The zero-order chi connectivity index (χ0) is 17.4. The SMILES string of the molecule is CN(C)c1nc(CN2CCc3c(Cl)cccc3C2)nc2ccccc12. The third kappa shape index (κ3) is 3.20. The fourth-order valence-corrected chi connectivity index (χ4v) is 3.76. The fraction of sp³-hybridized carbons (Fsp3) is 0.300. The Morgan fingerprint density at radius 2 is 1.92 bits per heavy atom. The first-order valence-electron chi connectivity index (χ1n) is 8.53. The summed E-state index contributed by atoms with van der Waals surface area (Å²) in [6.45, 7) is 2.62. The lowest BCUT2D eigenvalue weighted by Crippen LogP contribution is -2.31. The van der Waals surface area contributed by atoms with E-state index in [4.69, 9.17) is 21.6 Å². The maximum absolute atomic E-state index is 6.32. The van der Waals surface area contributed by atoms with Gasteiger partial charge in [0.1, 0.15) is 11.6 Å². The Kier molecular flexibility index (Phi) is 4.32. The molecule has 4 nitrogen and oxygen atoms in total. The van der Waals surface area contributed by atoms with Crippen LogP contribution in [0.25, 0.3) is 10.9 Å². The summed E-state index contributed by atoms with van der Waals surface area (Å²) in [5.74, 6) is 1.84. The summed E-state index contributed by atoms with van der Waals surface area (Å²) >= 11 is 6.32. The van der Waals surface area contributed by atoms with Gasteiger partial charge >= 0.3 is 0 Å². The van der Waals surface area contributed by atoms with Crippen LogP contribution in [0, 0.1) is 0 Å². The molecule has 0 unspecified atom stereocenters. The highest BCUT2D eigenvalue weighted by Crippen LogP contribution is 2.27. The lowest BCUT2D eigenvalue weighted by Gasteiger charge is -2.29. The van der Waals surface area contributed by atoms with Gasteiger partial charge in [0, 0.05) is 37.6 Å². The molecule has 0 spiro atoms. The smallest absolute Gasteiger partial charge is 0.145 e. The molecule has 0 bridgehead atoms. The van der Waals surface area contributed by atoms with Gasteiger partial charge in [0.05, 0.1) is 12.1 Å². The summed E-state index contributed by atoms with van der Waals surface area (Å²) in [4.78, 5) is 14.0. The Labute approximate surface area is 153 Å². The molecule has 0 N–H and O–H groups in total. The van der Waals surface area contributed by atoms with Crippen molar-refractivity contribution < 1.29 is 0 Å². The number of fused-ring (bicyclic) bond motifs is 2. The third-order valence-electron chi connectivity index (χ3n) is 4.71. The maximum Gasteiger partial charge on any atom is 0.145 e. The molecule has 5 heteroatoms. The minimum Gasteiger partial charge on any atom is -0.362 e. The van der Waals surface area contributed by atoms with E-state index in [0.29, 0.717) is 0 Å². The highest BCUT2D eigenvalue weighted by molar-refractivity contribution is 6.31. The van der Waals surface area contributed by atoms with Gasteiger partial charge < -0.3 is 4.90 Å². The van der Waals surface area contributed by atoms with Gasteiger partial charge in [-0.1, -0.05) is 35.9 Å². The molecule has 1 aliphatic rings. The van der Waals surface area contributed by atoms with E-state index in [1.807, 2.05) is 38.4 Å². The molecule has 2 aromatic carbocycles. The lowest BCUT2D eigenvalue weighted by atomic mass is 10.00. The number of aromatic nitrogens is 2. The van der Waals surface area contributed by atoms with Crippen LogP contribution in [0.3, 0.4) is 0 Å². The highest BCUT2D eigenvalue weighted by Gasteiger charge is 2.20. The number of hydrogen-bond acceptors (Lipinski definition) is 4. The van der Waals surface area contributed by atoms with Crippen LogP contribution in [-0.2, 0) is 19.5 Å². The van der Waals surface area contributed by atoms with Crippen molar-refractivity contribution in [3.8, 4) is 0 Å². The molecule has 25 heavy (non-hydrogen) atoms. The first-order valence-corrected chi connectivity index (χ1v) is 8.91. The largest absolute Gasteiger partial charge is 0.362 e. The maximum atomic E-state index is 6.32. The molecule has 0 amide bonds. The molecular formula is C20H21ClN4. The molecule has 0 atom stereocenters. The molecule has 0 saturated carbocycles. The van der Waals surface area contributed by atoms with Crippen molar-refractivity contribution in [2.24, 2.45) is 0 Å². The number of benzene rings is 2. The molecule has 128 valence electrons. The summed E-state index contributed by atoms with van der Waals surface area (Å²) in [7, 11) is 4.05. The number of nitrogens with zero attached hydrogens (tertiary/aromatic N) is 4. The molecule has 1 aliphatic heterocycles. The topological polar surface area (TPSA) is 32.3 Å². The van der Waals surface area contributed by atoms with Crippen LogP contribution in [0.5, 0.6) is 0 Å². The van der Waals surface area contributed by atoms with Gasteiger partial charge in [-0.2, -0.15) is 0 Å². The van der Waals surface area contributed by atoms with Gasteiger partial charge in [0.25, 0.3) is 0 Å².